The number of nitrogens with zero attached hydrogens (tertiary/aromatic N) is 1. The van der Waals surface area contributed by atoms with E-state index in [0.717, 1.165) is 18.5 Å². The summed E-state index contributed by atoms with van der Waals surface area (Å²) in [4.78, 5) is 3.01. The minimum Gasteiger partial charge on any atom is -0.507 e. The number of fused-ring (bicyclic) bond motifs is 1. The van der Waals surface area contributed by atoms with Crippen molar-refractivity contribution in [3.8, 4) is 5.75 Å². The Morgan fingerprint density at radius 1 is 1.15 bits per heavy atom. The van der Waals surface area contributed by atoms with Gasteiger partial charge >= 0.3 is 0 Å². The molecular formula is C20H25NO3S2. The number of anilines is 2. The van der Waals surface area contributed by atoms with E-state index < -0.39 is 9.84 Å². The molecular weight excluding hydrogens is 366 g/mol. The highest BCUT2D eigenvalue weighted by atomic mass is 32.2. The van der Waals surface area contributed by atoms with Crippen LogP contribution < -0.4 is 4.90 Å². The fraction of sp³-hybridized carbons (Fsp3) is 0.400. The molecule has 26 heavy (non-hydrogen) atoms. The molecule has 3 rings (SSSR count). The van der Waals surface area contributed by atoms with Crippen LogP contribution in [0.25, 0.3) is 0 Å². The monoisotopic (exact) mass is 391 g/mol. The van der Waals surface area contributed by atoms with E-state index in [0.29, 0.717) is 17.1 Å². The molecule has 0 amide bonds. The molecule has 0 unspecified atom stereocenters. The molecule has 4 nitrogen and oxygen atoms in total. The summed E-state index contributed by atoms with van der Waals surface area (Å²) in [6.07, 6.45) is 3.44. The molecule has 0 atom stereocenters. The van der Waals surface area contributed by atoms with E-state index in [4.69, 9.17) is 0 Å². The third-order valence-corrected chi connectivity index (χ3v) is 8.20. The highest BCUT2D eigenvalue weighted by molar-refractivity contribution is 7.98. The van der Waals surface area contributed by atoms with E-state index in [1.165, 1.54) is 17.8 Å². The van der Waals surface area contributed by atoms with Crippen molar-refractivity contribution < 1.29 is 13.5 Å². The van der Waals surface area contributed by atoms with Gasteiger partial charge < -0.3 is 10.0 Å². The van der Waals surface area contributed by atoms with Gasteiger partial charge in [-0.05, 0) is 37.3 Å². The average molecular weight is 392 g/mol. The Labute approximate surface area is 160 Å². The lowest BCUT2D eigenvalue weighted by molar-refractivity contribution is 0.313. The number of rotatable bonds is 4. The van der Waals surface area contributed by atoms with E-state index in [-0.39, 0.29) is 21.8 Å². The lowest BCUT2D eigenvalue weighted by atomic mass is 9.83. The third-order valence-electron chi connectivity index (χ3n) is 5.44. The van der Waals surface area contributed by atoms with Crippen LogP contribution in [0.3, 0.4) is 0 Å². The Kier molecular flexibility index (Phi) is 5.26. The van der Waals surface area contributed by atoms with Crippen LogP contribution in [0.1, 0.15) is 26.7 Å². The number of hydrogen-bond donors (Lipinski definition) is 1. The van der Waals surface area contributed by atoms with Gasteiger partial charge in [0.2, 0.25) is 0 Å². The van der Waals surface area contributed by atoms with Crippen LogP contribution in [0.15, 0.2) is 52.3 Å². The van der Waals surface area contributed by atoms with Crippen molar-refractivity contribution >= 4 is 33.0 Å². The number of phenols is 1. The number of benzene rings is 2. The lowest BCUT2D eigenvalue weighted by Crippen LogP contribution is -2.37. The summed E-state index contributed by atoms with van der Waals surface area (Å²) in [7, 11) is -3.51. The summed E-state index contributed by atoms with van der Waals surface area (Å²) in [5.41, 5.74) is 1.29. The number of para-hydroxylation sites is 1. The zero-order chi connectivity index (χ0) is 18.9. The molecule has 0 saturated carbocycles. The summed E-state index contributed by atoms with van der Waals surface area (Å²) in [6, 6.07) is 13.1. The quantitative estimate of drug-likeness (QED) is 0.755. The third kappa shape index (κ3) is 3.32. The first kappa shape index (κ1) is 19.1. The van der Waals surface area contributed by atoms with Crippen molar-refractivity contribution in [1.29, 1.82) is 0 Å². The highest BCUT2D eigenvalue weighted by Crippen LogP contribution is 2.46. The van der Waals surface area contributed by atoms with Gasteiger partial charge in [0.25, 0.3) is 0 Å². The smallest absolute Gasteiger partial charge is 0.181 e. The van der Waals surface area contributed by atoms with Crippen molar-refractivity contribution in [2.24, 2.45) is 5.41 Å². The number of hydrogen-bond acceptors (Lipinski definition) is 5. The molecule has 1 aliphatic heterocycles. The minimum atomic E-state index is -3.51. The SMILES string of the molecule is CCC1(CC)CN(c2ccccc2)c2cc(SC)c(O)cc2S(=O)(=O)C1. The molecule has 0 aromatic heterocycles. The Morgan fingerprint density at radius 3 is 2.38 bits per heavy atom. The standard InChI is InChI=1S/C20H25NO3S2/c1-4-20(5-2)13-21(15-9-7-6-8-10-15)16-11-18(25-3)17(22)12-19(16)26(23,24)14-20/h6-12,22H,4-5,13-14H2,1-3H3. The van der Waals surface area contributed by atoms with Crippen LogP contribution >= 0.6 is 11.8 Å². The highest BCUT2D eigenvalue weighted by Gasteiger charge is 2.41. The van der Waals surface area contributed by atoms with Crippen LogP contribution in [0.5, 0.6) is 5.75 Å². The van der Waals surface area contributed by atoms with Gasteiger partial charge in [0.15, 0.2) is 9.84 Å². The molecule has 0 saturated heterocycles. The minimum absolute atomic E-state index is 0.0216. The van der Waals surface area contributed by atoms with Crippen LogP contribution in [0.2, 0.25) is 0 Å². The zero-order valence-corrected chi connectivity index (χ0v) is 17.0. The van der Waals surface area contributed by atoms with Crippen molar-refractivity contribution in [3.05, 3.63) is 42.5 Å². The summed E-state index contributed by atoms with van der Waals surface area (Å²) in [5.74, 6) is 0.120. The van der Waals surface area contributed by atoms with E-state index >= 15 is 0 Å². The molecule has 0 fully saturated rings. The first-order valence-corrected chi connectivity index (χ1v) is 11.7. The molecule has 2 aromatic rings. The van der Waals surface area contributed by atoms with E-state index in [9.17, 15) is 13.5 Å². The van der Waals surface area contributed by atoms with Crippen LogP contribution in [0.4, 0.5) is 11.4 Å². The Hall–Kier alpha value is -1.66. The Bertz CT molecular complexity index is 891. The predicted octanol–water partition coefficient (Wildman–Crippen LogP) is 4.85. The molecule has 6 heteroatoms. The lowest BCUT2D eigenvalue weighted by Gasteiger charge is -2.35. The van der Waals surface area contributed by atoms with Crippen LogP contribution in [0, 0.1) is 5.41 Å². The fourth-order valence-electron chi connectivity index (χ4n) is 3.63. The van der Waals surface area contributed by atoms with Crippen LogP contribution in [-0.4, -0.2) is 32.1 Å². The summed E-state index contributed by atoms with van der Waals surface area (Å²) >= 11 is 1.41. The molecule has 1 heterocycles. The average Bonchev–Trinajstić information content (AvgIpc) is 2.74. The molecule has 0 aliphatic carbocycles. The number of sulfone groups is 1. The fourth-order valence-corrected chi connectivity index (χ4v) is 6.36. The van der Waals surface area contributed by atoms with Crippen molar-refractivity contribution in [2.75, 3.05) is 23.5 Å². The van der Waals surface area contributed by atoms with Crippen molar-refractivity contribution in [3.63, 3.8) is 0 Å². The van der Waals surface area contributed by atoms with Gasteiger partial charge in [-0.2, -0.15) is 0 Å². The first-order chi connectivity index (χ1) is 12.4. The maximum Gasteiger partial charge on any atom is 0.181 e. The first-order valence-electron chi connectivity index (χ1n) is 8.82. The molecule has 1 N–H and O–H groups in total. The zero-order valence-electron chi connectivity index (χ0n) is 15.4. The van der Waals surface area contributed by atoms with E-state index in [2.05, 4.69) is 18.7 Å². The number of aromatic hydroxyl groups is 1. The summed E-state index contributed by atoms with van der Waals surface area (Å²) in [5, 5.41) is 10.3. The van der Waals surface area contributed by atoms with Gasteiger partial charge in [-0.1, -0.05) is 32.0 Å². The maximum atomic E-state index is 13.2. The molecule has 0 bridgehead atoms. The molecule has 2 aromatic carbocycles. The Morgan fingerprint density at radius 2 is 1.81 bits per heavy atom. The van der Waals surface area contributed by atoms with Gasteiger partial charge in [-0.3, -0.25) is 0 Å². The van der Waals surface area contributed by atoms with E-state index in [1.807, 2.05) is 36.6 Å². The molecule has 0 radical (unpaired) electrons. The molecule has 140 valence electrons. The summed E-state index contributed by atoms with van der Waals surface area (Å²) < 4.78 is 26.4. The van der Waals surface area contributed by atoms with Gasteiger partial charge in [-0.15, -0.1) is 11.8 Å². The van der Waals surface area contributed by atoms with E-state index in [1.54, 1.807) is 6.07 Å². The van der Waals surface area contributed by atoms with Gasteiger partial charge in [0, 0.05) is 23.7 Å². The van der Waals surface area contributed by atoms with Crippen LogP contribution in [-0.2, 0) is 9.84 Å². The largest absolute Gasteiger partial charge is 0.507 e. The second-order valence-electron chi connectivity index (χ2n) is 6.88. The number of thioether (sulfide) groups is 1. The maximum absolute atomic E-state index is 13.2. The second kappa shape index (κ2) is 7.16. The van der Waals surface area contributed by atoms with Gasteiger partial charge in [-0.25, -0.2) is 8.42 Å². The Balaban J connectivity index is 2.31. The normalized spacial score (nSPS) is 18.2. The van der Waals surface area contributed by atoms with Crippen molar-refractivity contribution in [2.45, 2.75) is 36.5 Å². The van der Waals surface area contributed by atoms with Gasteiger partial charge in [0.1, 0.15) is 5.75 Å². The molecule has 0 spiro atoms. The second-order valence-corrected chi connectivity index (χ2v) is 9.69. The van der Waals surface area contributed by atoms with Gasteiger partial charge in [0.05, 0.1) is 21.2 Å². The predicted molar refractivity (Wildman–Crippen MR) is 108 cm³/mol. The molecule has 1 aliphatic rings. The van der Waals surface area contributed by atoms with Crippen molar-refractivity contribution in [1.82, 2.24) is 0 Å². The number of phenolic OH excluding ortho intramolecular Hbond substituents is 1. The topological polar surface area (TPSA) is 57.6 Å². The summed E-state index contributed by atoms with van der Waals surface area (Å²) in [6.45, 7) is 4.75.